The molecule has 0 aromatic heterocycles. The van der Waals surface area contributed by atoms with Crippen LogP contribution in [-0.4, -0.2) is 29.7 Å². The Bertz CT molecular complexity index is 551. The van der Waals surface area contributed by atoms with Gasteiger partial charge in [-0.3, -0.25) is 4.90 Å². The Balaban J connectivity index is 2.03. The zero-order valence-corrected chi connectivity index (χ0v) is 13.6. The maximum Gasteiger partial charge on any atom is 0.118 e. The van der Waals surface area contributed by atoms with Crippen LogP contribution in [0.5, 0.6) is 5.75 Å². The maximum absolute atomic E-state index is 10.5. The third-order valence-corrected chi connectivity index (χ3v) is 3.87. The number of aliphatic hydroxyl groups excluding tert-OH is 1. The van der Waals surface area contributed by atoms with Gasteiger partial charge in [0.15, 0.2) is 0 Å². The first-order valence-corrected chi connectivity index (χ1v) is 7.70. The van der Waals surface area contributed by atoms with Gasteiger partial charge in [-0.15, -0.1) is 0 Å². The van der Waals surface area contributed by atoms with Gasteiger partial charge in [-0.05, 0) is 37.1 Å². The molecule has 0 aliphatic carbocycles. The van der Waals surface area contributed by atoms with E-state index in [1.165, 1.54) is 5.56 Å². The lowest BCUT2D eigenvalue weighted by Crippen LogP contribution is -2.34. The van der Waals surface area contributed by atoms with Crippen LogP contribution in [0.4, 0.5) is 0 Å². The average molecular weight is 299 g/mol. The lowest BCUT2D eigenvalue weighted by Gasteiger charge is -2.29. The highest BCUT2D eigenvalue weighted by molar-refractivity contribution is 5.28. The lowest BCUT2D eigenvalue weighted by molar-refractivity contribution is 0.0907. The molecule has 118 valence electrons. The maximum atomic E-state index is 10.5. The molecule has 0 aliphatic rings. The van der Waals surface area contributed by atoms with Gasteiger partial charge in [0.1, 0.15) is 5.75 Å². The van der Waals surface area contributed by atoms with Gasteiger partial charge in [0.05, 0.1) is 13.2 Å². The summed E-state index contributed by atoms with van der Waals surface area (Å²) in [5, 5.41) is 10.5. The van der Waals surface area contributed by atoms with Gasteiger partial charge in [0, 0.05) is 19.1 Å². The average Bonchev–Trinajstić information content (AvgIpc) is 2.55. The molecule has 0 amide bonds. The quantitative estimate of drug-likeness (QED) is 0.847. The molecule has 0 aliphatic heterocycles. The van der Waals surface area contributed by atoms with Gasteiger partial charge in [-0.2, -0.15) is 0 Å². The summed E-state index contributed by atoms with van der Waals surface area (Å²) in [6, 6.07) is 18.3. The number of benzene rings is 2. The van der Waals surface area contributed by atoms with Crippen molar-refractivity contribution in [1.82, 2.24) is 4.90 Å². The van der Waals surface area contributed by atoms with Crippen LogP contribution >= 0.6 is 0 Å². The van der Waals surface area contributed by atoms with E-state index in [1.54, 1.807) is 7.11 Å². The highest BCUT2D eigenvalue weighted by Gasteiger charge is 2.16. The SMILES string of the molecule is COc1ccc(C(O)CN(Cc2ccccc2)C(C)C)cc1. The fourth-order valence-electron chi connectivity index (χ4n) is 2.43. The molecule has 2 rings (SSSR count). The van der Waals surface area contributed by atoms with Crippen molar-refractivity contribution in [2.45, 2.75) is 32.5 Å². The molecule has 3 nitrogen and oxygen atoms in total. The molecule has 2 aromatic rings. The van der Waals surface area contributed by atoms with Crippen LogP contribution in [0.2, 0.25) is 0 Å². The number of nitrogens with zero attached hydrogens (tertiary/aromatic N) is 1. The predicted octanol–water partition coefficient (Wildman–Crippen LogP) is 3.64. The van der Waals surface area contributed by atoms with E-state index in [0.717, 1.165) is 17.9 Å². The minimum atomic E-state index is -0.503. The van der Waals surface area contributed by atoms with Crippen molar-refractivity contribution >= 4 is 0 Å². The van der Waals surface area contributed by atoms with Crippen molar-refractivity contribution in [2.75, 3.05) is 13.7 Å². The molecule has 0 saturated heterocycles. The largest absolute Gasteiger partial charge is 0.497 e. The normalized spacial score (nSPS) is 12.6. The van der Waals surface area contributed by atoms with Crippen LogP contribution in [0.3, 0.4) is 0 Å². The second kappa shape index (κ2) is 7.97. The molecule has 0 spiro atoms. The summed E-state index contributed by atoms with van der Waals surface area (Å²) in [6.07, 6.45) is -0.503. The molecule has 0 fully saturated rings. The molecule has 0 radical (unpaired) electrons. The number of rotatable bonds is 7. The number of aliphatic hydroxyl groups is 1. The topological polar surface area (TPSA) is 32.7 Å². The van der Waals surface area contributed by atoms with Gasteiger partial charge in [0.25, 0.3) is 0 Å². The zero-order chi connectivity index (χ0) is 15.9. The standard InChI is InChI=1S/C19H25NO2/c1-15(2)20(13-16-7-5-4-6-8-16)14-19(21)17-9-11-18(22-3)12-10-17/h4-12,15,19,21H,13-14H2,1-3H3. The molecule has 3 heteroatoms. The molecule has 1 unspecified atom stereocenters. The molecule has 1 atom stereocenters. The summed E-state index contributed by atoms with van der Waals surface area (Å²) >= 11 is 0. The number of hydrogen-bond donors (Lipinski definition) is 1. The van der Waals surface area contributed by atoms with Crippen LogP contribution in [-0.2, 0) is 6.54 Å². The number of methoxy groups -OCH3 is 1. The fraction of sp³-hybridized carbons (Fsp3) is 0.368. The highest BCUT2D eigenvalue weighted by Crippen LogP contribution is 2.20. The first-order chi connectivity index (χ1) is 10.6. The Morgan fingerprint density at radius 1 is 1.00 bits per heavy atom. The predicted molar refractivity (Wildman–Crippen MR) is 89.9 cm³/mol. The fourth-order valence-corrected chi connectivity index (χ4v) is 2.43. The third kappa shape index (κ3) is 4.58. The lowest BCUT2D eigenvalue weighted by atomic mass is 10.1. The number of hydrogen-bond acceptors (Lipinski definition) is 3. The Kier molecular flexibility index (Phi) is 5.99. The van der Waals surface area contributed by atoms with Crippen molar-refractivity contribution in [3.63, 3.8) is 0 Å². The minimum absolute atomic E-state index is 0.369. The Labute approximate surface area is 133 Å². The van der Waals surface area contributed by atoms with Crippen molar-refractivity contribution in [2.24, 2.45) is 0 Å². The summed E-state index contributed by atoms with van der Waals surface area (Å²) in [6.45, 7) is 5.76. The van der Waals surface area contributed by atoms with E-state index < -0.39 is 6.10 Å². The molecular formula is C19H25NO2. The first-order valence-electron chi connectivity index (χ1n) is 7.70. The number of ether oxygens (including phenoxy) is 1. The van der Waals surface area contributed by atoms with Gasteiger partial charge in [-0.1, -0.05) is 42.5 Å². The van der Waals surface area contributed by atoms with Crippen LogP contribution in [0, 0.1) is 0 Å². The van der Waals surface area contributed by atoms with Crippen LogP contribution < -0.4 is 4.74 Å². The molecule has 0 saturated carbocycles. The van der Waals surface area contributed by atoms with E-state index in [2.05, 4.69) is 30.9 Å². The van der Waals surface area contributed by atoms with Gasteiger partial charge < -0.3 is 9.84 Å². The first kappa shape index (κ1) is 16.5. The van der Waals surface area contributed by atoms with Crippen molar-refractivity contribution < 1.29 is 9.84 Å². The monoisotopic (exact) mass is 299 g/mol. The van der Waals surface area contributed by atoms with E-state index in [0.29, 0.717) is 12.6 Å². The van der Waals surface area contributed by atoms with E-state index in [9.17, 15) is 5.11 Å². The second-order valence-electron chi connectivity index (χ2n) is 5.80. The summed E-state index contributed by atoms with van der Waals surface area (Å²) in [7, 11) is 1.64. The summed E-state index contributed by atoms with van der Waals surface area (Å²) < 4.78 is 5.16. The van der Waals surface area contributed by atoms with E-state index >= 15 is 0 Å². The molecule has 22 heavy (non-hydrogen) atoms. The zero-order valence-electron chi connectivity index (χ0n) is 13.6. The summed E-state index contributed by atoms with van der Waals surface area (Å²) in [4.78, 5) is 2.28. The highest BCUT2D eigenvalue weighted by atomic mass is 16.5. The molecule has 0 bridgehead atoms. The molecular weight excluding hydrogens is 274 g/mol. The summed E-state index contributed by atoms with van der Waals surface area (Å²) in [5.41, 5.74) is 2.18. The van der Waals surface area contributed by atoms with Crippen LogP contribution in [0.25, 0.3) is 0 Å². The Morgan fingerprint density at radius 2 is 1.64 bits per heavy atom. The van der Waals surface area contributed by atoms with Gasteiger partial charge in [0.2, 0.25) is 0 Å². The summed E-state index contributed by atoms with van der Waals surface area (Å²) in [5.74, 6) is 0.806. The van der Waals surface area contributed by atoms with Gasteiger partial charge in [-0.25, -0.2) is 0 Å². The molecule has 2 aromatic carbocycles. The molecule has 1 N–H and O–H groups in total. The van der Waals surface area contributed by atoms with Crippen molar-refractivity contribution in [3.8, 4) is 5.75 Å². The third-order valence-electron chi connectivity index (χ3n) is 3.87. The Hall–Kier alpha value is -1.84. The van der Waals surface area contributed by atoms with E-state index in [1.807, 2.05) is 42.5 Å². The second-order valence-corrected chi connectivity index (χ2v) is 5.80. The van der Waals surface area contributed by atoms with Crippen molar-refractivity contribution in [1.29, 1.82) is 0 Å². The van der Waals surface area contributed by atoms with Crippen molar-refractivity contribution in [3.05, 3.63) is 65.7 Å². The van der Waals surface area contributed by atoms with Gasteiger partial charge >= 0.3 is 0 Å². The van der Waals surface area contributed by atoms with E-state index in [4.69, 9.17) is 4.74 Å². The molecule has 0 heterocycles. The van der Waals surface area contributed by atoms with Crippen LogP contribution in [0.15, 0.2) is 54.6 Å². The van der Waals surface area contributed by atoms with Crippen LogP contribution in [0.1, 0.15) is 31.1 Å². The smallest absolute Gasteiger partial charge is 0.118 e. The minimum Gasteiger partial charge on any atom is -0.497 e. The Morgan fingerprint density at radius 3 is 2.18 bits per heavy atom. The van der Waals surface area contributed by atoms with E-state index in [-0.39, 0.29) is 0 Å².